The van der Waals surface area contributed by atoms with Crippen molar-refractivity contribution < 1.29 is 14.3 Å². The zero-order chi connectivity index (χ0) is 15.2. The van der Waals surface area contributed by atoms with Crippen molar-refractivity contribution in [2.45, 2.75) is 6.54 Å². The summed E-state index contributed by atoms with van der Waals surface area (Å²) in [6.07, 6.45) is 5.52. The van der Waals surface area contributed by atoms with Crippen LogP contribution in [-0.4, -0.2) is 28.9 Å². The second kappa shape index (κ2) is 6.99. The number of aromatic nitrogens is 2. The van der Waals surface area contributed by atoms with Crippen LogP contribution in [0.15, 0.2) is 46.7 Å². The first-order valence-corrected chi connectivity index (χ1v) is 6.94. The quantitative estimate of drug-likeness (QED) is 0.473. The highest BCUT2D eigenvalue weighted by molar-refractivity contribution is 9.10. The molecule has 0 amide bonds. The van der Waals surface area contributed by atoms with E-state index in [2.05, 4.69) is 20.9 Å². The third-order valence-electron chi connectivity index (χ3n) is 2.88. The van der Waals surface area contributed by atoms with Gasteiger partial charge in [-0.1, -0.05) is 34.1 Å². The van der Waals surface area contributed by atoms with Crippen molar-refractivity contribution in [2.75, 3.05) is 7.11 Å². The van der Waals surface area contributed by atoms with Crippen molar-refractivity contribution in [3.8, 4) is 0 Å². The topological polar surface area (TPSA) is 61.2 Å². The van der Waals surface area contributed by atoms with E-state index in [9.17, 15) is 9.59 Å². The zero-order valence-electron chi connectivity index (χ0n) is 11.3. The van der Waals surface area contributed by atoms with Crippen LogP contribution in [0, 0.1) is 0 Å². The molecule has 0 saturated carbocycles. The molecule has 0 atom stereocenters. The number of halogens is 1. The van der Waals surface area contributed by atoms with Crippen molar-refractivity contribution >= 4 is 34.3 Å². The van der Waals surface area contributed by atoms with E-state index in [0.29, 0.717) is 11.9 Å². The number of imidazole rings is 1. The molecule has 0 unspecified atom stereocenters. The van der Waals surface area contributed by atoms with Crippen LogP contribution in [0.5, 0.6) is 0 Å². The fraction of sp³-hybridized carbons (Fsp3) is 0.133. The Kier molecular flexibility index (Phi) is 5.05. The van der Waals surface area contributed by atoms with E-state index < -0.39 is 5.97 Å². The van der Waals surface area contributed by atoms with Crippen molar-refractivity contribution in [3.05, 3.63) is 58.1 Å². The second-order valence-corrected chi connectivity index (χ2v) is 5.07. The summed E-state index contributed by atoms with van der Waals surface area (Å²) < 4.78 is 7.26. The van der Waals surface area contributed by atoms with E-state index >= 15 is 0 Å². The Morgan fingerprint density at radius 2 is 2.19 bits per heavy atom. The summed E-state index contributed by atoms with van der Waals surface area (Å²) >= 11 is 3.43. The lowest BCUT2D eigenvalue weighted by Crippen LogP contribution is -2.13. The van der Waals surface area contributed by atoms with Crippen LogP contribution in [0.1, 0.15) is 16.2 Å². The SMILES string of the molecule is COC(=O)/C(=C/c1ccccc1Br)Cn1ccnc1C=O. The minimum atomic E-state index is -0.448. The Bertz CT molecular complexity index is 692. The maximum absolute atomic E-state index is 11.9. The van der Waals surface area contributed by atoms with E-state index in [0.717, 1.165) is 10.0 Å². The number of rotatable bonds is 5. The van der Waals surface area contributed by atoms with Gasteiger partial charge in [0.15, 0.2) is 12.1 Å². The smallest absolute Gasteiger partial charge is 0.335 e. The molecule has 0 N–H and O–H groups in total. The van der Waals surface area contributed by atoms with Gasteiger partial charge in [-0.25, -0.2) is 9.78 Å². The van der Waals surface area contributed by atoms with Crippen molar-refractivity contribution in [3.63, 3.8) is 0 Å². The first kappa shape index (κ1) is 15.2. The molecular weight excluding hydrogens is 336 g/mol. The van der Waals surface area contributed by atoms with Gasteiger partial charge < -0.3 is 9.30 Å². The molecule has 2 rings (SSSR count). The van der Waals surface area contributed by atoms with Crippen molar-refractivity contribution in [1.29, 1.82) is 0 Å². The van der Waals surface area contributed by atoms with Crippen LogP contribution in [0.2, 0.25) is 0 Å². The molecule has 0 bridgehead atoms. The molecule has 6 heteroatoms. The van der Waals surface area contributed by atoms with E-state index in [1.807, 2.05) is 24.3 Å². The van der Waals surface area contributed by atoms with Gasteiger partial charge in [-0.15, -0.1) is 0 Å². The Labute approximate surface area is 130 Å². The number of aldehydes is 1. The predicted molar refractivity (Wildman–Crippen MR) is 81.7 cm³/mol. The first-order chi connectivity index (χ1) is 10.2. The fourth-order valence-electron chi connectivity index (χ4n) is 1.84. The second-order valence-electron chi connectivity index (χ2n) is 4.21. The van der Waals surface area contributed by atoms with E-state index in [-0.39, 0.29) is 12.4 Å². The lowest BCUT2D eigenvalue weighted by Gasteiger charge is -2.08. The minimum Gasteiger partial charge on any atom is -0.466 e. The minimum absolute atomic E-state index is 0.210. The summed E-state index contributed by atoms with van der Waals surface area (Å²) in [6, 6.07) is 7.52. The lowest BCUT2D eigenvalue weighted by molar-refractivity contribution is -0.136. The van der Waals surface area contributed by atoms with Crippen LogP contribution in [0.3, 0.4) is 0 Å². The number of ether oxygens (including phenoxy) is 1. The molecule has 0 aliphatic carbocycles. The van der Waals surface area contributed by atoms with Crippen molar-refractivity contribution in [2.24, 2.45) is 0 Å². The third kappa shape index (κ3) is 3.66. The van der Waals surface area contributed by atoms with Gasteiger partial charge in [0.05, 0.1) is 19.2 Å². The number of hydrogen-bond donors (Lipinski definition) is 0. The lowest BCUT2D eigenvalue weighted by atomic mass is 10.1. The fourth-order valence-corrected chi connectivity index (χ4v) is 2.24. The molecule has 2 aromatic rings. The monoisotopic (exact) mass is 348 g/mol. The highest BCUT2D eigenvalue weighted by Gasteiger charge is 2.13. The van der Waals surface area contributed by atoms with Gasteiger partial charge in [0.1, 0.15) is 0 Å². The van der Waals surface area contributed by atoms with Gasteiger partial charge in [0, 0.05) is 16.9 Å². The molecule has 1 aromatic heterocycles. The van der Waals surface area contributed by atoms with E-state index in [4.69, 9.17) is 4.74 Å². The molecule has 0 saturated heterocycles. The maximum Gasteiger partial charge on any atom is 0.335 e. The summed E-state index contributed by atoms with van der Waals surface area (Å²) in [4.78, 5) is 26.7. The summed E-state index contributed by atoms with van der Waals surface area (Å²) in [6.45, 7) is 0.210. The summed E-state index contributed by atoms with van der Waals surface area (Å²) in [5.41, 5.74) is 1.27. The number of methoxy groups -OCH3 is 1. The molecule has 1 aromatic carbocycles. The highest BCUT2D eigenvalue weighted by atomic mass is 79.9. The van der Waals surface area contributed by atoms with Crippen molar-refractivity contribution in [1.82, 2.24) is 9.55 Å². The molecule has 0 aliphatic rings. The normalized spacial score (nSPS) is 11.2. The van der Waals surface area contributed by atoms with Gasteiger partial charge in [-0.05, 0) is 17.7 Å². The average molecular weight is 349 g/mol. The molecule has 1 heterocycles. The predicted octanol–water partition coefficient (Wildman–Crippen LogP) is 2.71. The molecule has 0 radical (unpaired) electrons. The van der Waals surface area contributed by atoms with Crippen LogP contribution in [0.25, 0.3) is 6.08 Å². The Hall–Kier alpha value is -2.21. The standard InChI is InChI=1S/C15H13BrN2O3/c1-21-15(20)12(8-11-4-2-3-5-13(11)16)9-18-7-6-17-14(18)10-19/h2-8,10H,9H2,1H3/b12-8+. The van der Waals surface area contributed by atoms with Crippen LogP contribution >= 0.6 is 15.9 Å². The summed E-state index contributed by atoms with van der Waals surface area (Å²) in [5, 5.41) is 0. The van der Waals surface area contributed by atoms with Crippen LogP contribution in [0.4, 0.5) is 0 Å². The average Bonchev–Trinajstić information content (AvgIpc) is 2.95. The number of esters is 1. The van der Waals surface area contributed by atoms with E-state index in [1.54, 1.807) is 16.8 Å². The molecule has 0 fully saturated rings. The molecular formula is C15H13BrN2O3. The summed E-state index contributed by atoms with van der Waals surface area (Å²) in [7, 11) is 1.32. The number of carbonyl (C=O) groups is 2. The number of carbonyl (C=O) groups excluding carboxylic acids is 2. The highest BCUT2D eigenvalue weighted by Crippen LogP contribution is 2.20. The van der Waals surface area contributed by atoms with Gasteiger partial charge in [0.2, 0.25) is 0 Å². The van der Waals surface area contributed by atoms with Crippen LogP contribution < -0.4 is 0 Å². The zero-order valence-corrected chi connectivity index (χ0v) is 12.9. The van der Waals surface area contributed by atoms with Gasteiger partial charge in [0.25, 0.3) is 0 Å². The molecule has 21 heavy (non-hydrogen) atoms. The Morgan fingerprint density at radius 3 is 2.86 bits per heavy atom. The molecule has 0 spiro atoms. The maximum atomic E-state index is 11.9. The number of hydrogen-bond acceptors (Lipinski definition) is 4. The molecule has 0 aliphatic heterocycles. The Balaban J connectivity index is 2.38. The van der Waals surface area contributed by atoms with Gasteiger partial charge in [-0.2, -0.15) is 0 Å². The third-order valence-corrected chi connectivity index (χ3v) is 3.60. The molecule has 108 valence electrons. The van der Waals surface area contributed by atoms with Crippen LogP contribution in [-0.2, 0) is 16.1 Å². The summed E-state index contributed by atoms with van der Waals surface area (Å²) in [5.74, 6) is -0.187. The number of benzene rings is 1. The Morgan fingerprint density at radius 1 is 1.43 bits per heavy atom. The first-order valence-electron chi connectivity index (χ1n) is 6.15. The molecule has 5 nitrogen and oxygen atoms in total. The van der Waals surface area contributed by atoms with Gasteiger partial charge >= 0.3 is 5.97 Å². The largest absolute Gasteiger partial charge is 0.466 e. The number of nitrogens with zero attached hydrogens (tertiary/aromatic N) is 2. The van der Waals surface area contributed by atoms with Gasteiger partial charge in [-0.3, -0.25) is 4.79 Å². The van der Waals surface area contributed by atoms with E-state index in [1.165, 1.54) is 13.3 Å².